The van der Waals surface area contributed by atoms with Gasteiger partial charge in [-0.05, 0) is 30.8 Å². The van der Waals surface area contributed by atoms with E-state index in [0.29, 0.717) is 27.5 Å². The number of rotatable bonds is 6. The number of nitro groups is 1. The lowest BCUT2D eigenvalue weighted by Crippen LogP contribution is -2.45. The number of nitro benzene ring substituents is 1. The molecule has 1 N–H and O–H groups in total. The van der Waals surface area contributed by atoms with Crippen molar-refractivity contribution < 1.29 is 19.2 Å². The van der Waals surface area contributed by atoms with E-state index in [4.69, 9.17) is 21.7 Å². The number of carbonyl (C=O) groups is 1. The summed E-state index contributed by atoms with van der Waals surface area (Å²) in [6, 6.07) is 11.1. The van der Waals surface area contributed by atoms with E-state index in [1.54, 1.807) is 49.2 Å². The van der Waals surface area contributed by atoms with Gasteiger partial charge in [0.05, 0.1) is 25.2 Å². The van der Waals surface area contributed by atoms with Crippen molar-refractivity contribution in [3.63, 3.8) is 0 Å². The second kappa shape index (κ2) is 8.50. The molecule has 8 nitrogen and oxygen atoms in total. The molecule has 1 aliphatic rings. The van der Waals surface area contributed by atoms with Crippen molar-refractivity contribution in [1.29, 1.82) is 0 Å². The van der Waals surface area contributed by atoms with Gasteiger partial charge in [-0.2, -0.15) is 0 Å². The van der Waals surface area contributed by atoms with Crippen LogP contribution in [0.3, 0.4) is 0 Å². The molecule has 0 bridgehead atoms. The Morgan fingerprint density at radius 1 is 1.20 bits per heavy atom. The molecule has 0 saturated carbocycles. The zero-order valence-corrected chi connectivity index (χ0v) is 17.8. The standard InChI is InChI=1S/C21H21N3O5S/c1-12-17(19(25)13-8-6-5-7-9-13)18(22-21(30)23(12)2)14-10-15(24(26)27)20(29-4)16(11-14)28-3/h5-11,18H,1-4H3,(H,22,30). The van der Waals surface area contributed by atoms with E-state index in [2.05, 4.69) is 5.32 Å². The molecule has 0 amide bonds. The van der Waals surface area contributed by atoms with Crippen LogP contribution >= 0.6 is 12.2 Å². The van der Waals surface area contributed by atoms with Crippen molar-refractivity contribution in [3.05, 3.63) is 75.0 Å². The summed E-state index contributed by atoms with van der Waals surface area (Å²) in [6.45, 7) is 1.80. The van der Waals surface area contributed by atoms with Crippen LogP contribution in [0.4, 0.5) is 5.69 Å². The molecule has 1 atom stereocenters. The predicted molar refractivity (Wildman–Crippen MR) is 116 cm³/mol. The Balaban J connectivity index is 2.22. The Bertz CT molecular complexity index is 1050. The van der Waals surface area contributed by atoms with Crippen LogP contribution in [0, 0.1) is 10.1 Å². The van der Waals surface area contributed by atoms with Gasteiger partial charge in [-0.1, -0.05) is 30.3 Å². The summed E-state index contributed by atoms with van der Waals surface area (Å²) < 4.78 is 10.5. The normalized spacial score (nSPS) is 16.2. The van der Waals surface area contributed by atoms with Gasteiger partial charge in [0.2, 0.25) is 5.75 Å². The number of methoxy groups -OCH3 is 2. The van der Waals surface area contributed by atoms with Gasteiger partial charge >= 0.3 is 5.69 Å². The molecule has 156 valence electrons. The van der Waals surface area contributed by atoms with Gasteiger partial charge in [0.1, 0.15) is 0 Å². The zero-order valence-electron chi connectivity index (χ0n) is 17.0. The maximum Gasteiger partial charge on any atom is 0.315 e. The molecule has 0 radical (unpaired) electrons. The molecule has 2 aromatic carbocycles. The maximum atomic E-state index is 13.4. The van der Waals surface area contributed by atoms with E-state index < -0.39 is 11.0 Å². The third-order valence-electron chi connectivity index (χ3n) is 5.05. The molecule has 1 unspecified atom stereocenters. The Hall–Kier alpha value is -3.46. The first kappa shape index (κ1) is 21.3. The highest BCUT2D eigenvalue weighted by molar-refractivity contribution is 7.80. The number of nitrogens with zero attached hydrogens (tertiary/aromatic N) is 2. The second-order valence-corrected chi connectivity index (χ2v) is 7.06. The molecule has 0 spiro atoms. The van der Waals surface area contributed by atoms with Gasteiger partial charge in [-0.25, -0.2) is 0 Å². The molecule has 3 rings (SSSR count). The minimum atomic E-state index is -0.695. The lowest BCUT2D eigenvalue weighted by Gasteiger charge is -2.36. The fraction of sp³-hybridized carbons (Fsp3) is 0.238. The Labute approximate surface area is 179 Å². The Morgan fingerprint density at radius 3 is 2.43 bits per heavy atom. The Kier molecular flexibility index (Phi) is 6.02. The van der Waals surface area contributed by atoms with Gasteiger partial charge in [0.15, 0.2) is 16.6 Å². The second-order valence-electron chi connectivity index (χ2n) is 6.67. The van der Waals surface area contributed by atoms with Crippen LogP contribution in [0.25, 0.3) is 0 Å². The highest BCUT2D eigenvalue weighted by atomic mass is 32.1. The summed E-state index contributed by atoms with van der Waals surface area (Å²) in [5.41, 5.74) is 1.82. The highest BCUT2D eigenvalue weighted by Crippen LogP contribution is 2.42. The Morgan fingerprint density at radius 2 is 1.87 bits per heavy atom. The summed E-state index contributed by atoms with van der Waals surface area (Å²) in [5.74, 6) is 0.00767. The van der Waals surface area contributed by atoms with Crippen molar-refractivity contribution in [2.45, 2.75) is 13.0 Å². The minimum Gasteiger partial charge on any atom is -0.493 e. The minimum absolute atomic E-state index is 0.0124. The summed E-state index contributed by atoms with van der Waals surface area (Å²) in [6.07, 6.45) is 0. The van der Waals surface area contributed by atoms with E-state index in [1.807, 2.05) is 6.07 Å². The topological polar surface area (TPSA) is 93.9 Å². The van der Waals surface area contributed by atoms with Crippen molar-refractivity contribution in [2.75, 3.05) is 21.3 Å². The van der Waals surface area contributed by atoms with E-state index in [0.717, 1.165) is 0 Å². The maximum absolute atomic E-state index is 13.4. The zero-order chi connectivity index (χ0) is 22.0. The molecular weight excluding hydrogens is 406 g/mol. The van der Waals surface area contributed by atoms with Crippen LogP contribution in [0.15, 0.2) is 53.7 Å². The van der Waals surface area contributed by atoms with E-state index in [1.165, 1.54) is 20.3 Å². The third kappa shape index (κ3) is 3.71. The molecule has 2 aromatic rings. The summed E-state index contributed by atoms with van der Waals surface area (Å²) in [4.78, 5) is 26.2. The van der Waals surface area contributed by atoms with Crippen LogP contribution in [-0.2, 0) is 0 Å². The molecule has 1 heterocycles. The molecule has 30 heavy (non-hydrogen) atoms. The van der Waals surface area contributed by atoms with Crippen LogP contribution in [-0.4, -0.2) is 42.0 Å². The fourth-order valence-electron chi connectivity index (χ4n) is 3.39. The van der Waals surface area contributed by atoms with Crippen molar-refractivity contribution in [2.24, 2.45) is 0 Å². The van der Waals surface area contributed by atoms with Crippen molar-refractivity contribution in [3.8, 4) is 11.5 Å². The first-order valence-electron chi connectivity index (χ1n) is 9.05. The number of Topliss-reactive ketones (excluding diaryl/α,β-unsaturated/α-hetero) is 1. The number of nitrogens with one attached hydrogen (secondary N) is 1. The number of thiocarbonyl (C=S) groups is 1. The largest absolute Gasteiger partial charge is 0.493 e. The van der Waals surface area contributed by atoms with Crippen LogP contribution < -0.4 is 14.8 Å². The number of ether oxygens (including phenoxy) is 2. The number of hydrogen-bond donors (Lipinski definition) is 1. The van der Waals surface area contributed by atoms with Crippen molar-refractivity contribution >= 4 is 28.8 Å². The quantitative estimate of drug-likeness (QED) is 0.323. The number of allylic oxidation sites excluding steroid dienone is 1. The summed E-state index contributed by atoms with van der Waals surface area (Å²) in [5, 5.41) is 15.2. The van der Waals surface area contributed by atoms with E-state index in [-0.39, 0.29) is 23.0 Å². The summed E-state index contributed by atoms with van der Waals surface area (Å²) >= 11 is 5.41. The monoisotopic (exact) mass is 427 g/mol. The van der Waals surface area contributed by atoms with Crippen LogP contribution in [0.2, 0.25) is 0 Å². The average Bonchev–Trinajstić information content (AvgIpc) is 2.76. The lowest BCUT2D eigenvalue weighted by molar-refractivity contribution is -0.385. The SMILES string of the molecule is COc1cc(C2NC(=S)N(C)C(C)=C2C(=O)c2ccccc2)cc([N+](=O)[O-])c1OC. The van der Waals surface area contributed by atoms with Gasteiger partial charge in [-0.15, -0.1) is 0 Å². The number of ketones is 1. The van der Waals surface area contributed by atoms with Crippen molar-refractivity contribution in [1.82, 2.24) is 10.2 Å². The number of hydrogen-bond acceptors (Lipinski definition) is 6. The van der Waals surface area contributed by atoms with Crippen LogP contribution in [0.1, 0.15) is 28.9 Å². The molecule has 0 fully saturated rings. The molecule has 1 aliphatic heterocycles. The first-order chi connectivity index (χ1) is 14.3. The lowest BCUT2D eigenvalue weighted by atomic mass is 9.89. The number of carbonyl (C=O) groups excluding carboxylic acids is 1. The van der Waals surface area contributed by atoms with Gasteiger partial charge in [0.25, 0.3) is 0 Å². The highest BCUT2D eigenvalue weighted by Gasteiger charge is 2.35. The fourth-order valence-corrected chi connectivity index (χ4v) is 3.65. The van der Waals surface area contributed by atoms with Gasteiger partial charge in [0, 0.05) is 29.9 Å². The van der Waals surface area contributed by atoms with Crippen LogP contribution in [0.5, 0.6) is 11.5 Å². The van der Waals surface area contributed by atoms with E-state index >= 15 is 0 Å². The molecule has 0 saturated heterocycles. The first-order valence-corrected chi connectivity index (χ1v) is 9.46. The number of benzene rings is 2. The predicted octanol–water partition coefficient (Wildman–Crippen LogP) is 3.63. The smallest absolute Gasteiger partial charge is 0.315 e. The van der Waals surface area contributed by atoms with Gasteiger partial charge in [-0.3, -0.25) is 14.9 Å². The molecule has 0 aromatic heterocycles. The molecule has 0 aliphatic carbocycles. The molecular formula is C21H21N3O5S. The molecule has 9 heteroatoms. The van der Waals surface area contributed by atoms with E-state index in [9.17, 15) is 14.9 Å². The third-order valence-corrected chi connectivity index (χ3v) is 5.44. The summed E-state index contributed by atoms with van der Waals surface area (Å²) in [7, 11) is 4.49. The average molecular weight is 427 g/mol. The van der Waals surface area contributed by atoms with Gasteiger partial charge < -0.3 is 19.7 Å².